The van der Waals surface area contributed by atoms with Gasteiger partial charge in [-0.2, -0.15) is 0 Å². The second-order valence-corrected chi connectivity index (χ2v) is 7.85. The predicted octanol–water partition coefficient (Wildman–Crippen LogP) is 5.91. The predicted molar refractivity (Wildman–Crippen MR) is 121 cm³/mol. The van der Waals surface area contributed by atoms with Crippen LogP contribution in [0.1, 0.15) is 27.0 Å². The van der Waals surface area contributed by atoms with Crippen molar-refractivity contribution in [2.75, 3.05) is 21.3 Å². The van der Waals surface area contributed by atoms with Gasteiger partial charge >= 0.3 is 0 Å². The topological polar surface area (TPSA) is 63.2 Å². The fourth-order valence-corrected chi connectivity index (χ4v) is 3.83. The van der Waals surface area contributed by atoms with Crippen LogP contribution in [0.5, 0.6) is 28.7 Å². The highest BCUT2D eigenvalue weighted by molar-refractivity contribution is 6.15. The molecule has 6 nitrogen and oxygen atoms in total. The molecular weight excluding hydrogens is 503 g/mol. The summed E-state index contributed by atoms with van der Waals surface area (Å²) in [6, 6.07) is 5.88. The molecular formula is C26H19F5O6. The first-order valence-corrected chi connectivity index (χ1v) is 10.6. The van der Waals surface area contributed by atoms with E-state index in [0.29, 0.717) is 28.4 Å². The zero-order valence-electron chi connectivity index (χ0n) is 19.9. The number of rotatable bonds is 7. The molecule has 0 aromatic heterocycles. The summed E-state index contributed by atoms with van der Waals surface area (Å²) >= 11 is 0. The summed E-state index contributed by atoms with van der Waals surface area (Å²) in [6.45, 7) is 0.625. The highest BCUT2D eigenvalue weighted by Crippen LogP contribution is 2.41. The molecule has 0 N–H and O–H groups in total. The van der Waals surface area contributed by atoms with Crippen LogP contribution in [0.3, 0.4) is 0 Å². The molecule has 4 rings (SSSR count). The Hall–Kier alpha value is -4.28. The van der Waals surface area contributed by atoms with Crippen LogP contribution < -0.4 is 23.7 Å². The van der Waals surface area contributed by atoms with Gasteiger partial charge in [-0.15, -0.1) is 0 Å². The van der Waals surface area contributed by atoms with Gasteiger partial charge in [-0.05, 0) is 42.3 Å². The second kappa shape index (κ2) is 10.00. The fraction of sp³-hybridized carbons (Fsp3) is 0.192. The van der Waals surface area contributed by atoms with Gasteiger partial charge in [0.05, 0.1) is 32.5 Å². The van der Waals surface area contributed by atoms with E-state index in [4.69, 9.17) is 23.7 Å². The van der Waals surface area contributed by atoms with Gasteiger partial charge in [0, 0.05) is 6.07 Å². The van der Waals surface area contributed by atoms with Gasteiger partial charge < -0.3 is 23.7 Å². The molecule has 0 spiro atoms. The van der Waals surface area contributed by atoms with E-state index >= 15 is 0 Å². The number of allylic oxidation sites excluding steroid dienone is 1. The molecule has 0 saturated heterocycles. The van der Waals surface area contributed by atoms with Gasteiger partial charge in [0.1, 0.15) is 18.1 Å². The monoisotopic (exact) mass is 522 g/mol. The molecule has 37 heavy (non-hydrogen) atoms. The number of carbonyl (C=O) groups is 1. The van der Waals surface area contributed by atoms with Gasteiger partial charge in [0.2, 0.25) is 17.3 Å². The number of Topliss-reactive ketones (excluding diaryl/α,β-unsaturated/α-hetero) is 1. The van der Waals surface area contributed by atoms with Crippen molar-refractivity contribution < 1.29 is 50.4 Å². The number of carbonyl (C=O) groups excluding carboxylic acids is 1. The van der Waals surface area contributed by atoms with E-state index in [0.717, 1.165) is 0 Å². The molecule has 3 aromatic carbocycles. The van der Waals surface area contributed by atoms with E-state index in [1.54, 1.807) is 19.1 Å². The van der Waals surface area contributed by atoms with Crippen LogP contribution in [0.4, 0.5) is 22.0 Å². The van der Waals surface area contributed by atoms with E-state index in [9.17, 15) is 26.7 Å². The van der Waals surface area contributed by atoms with E-state index in [1.165, 1.54) is 39.5 Å². The molecule has 0 bridgehead atoms. The number of benzene rings is 3. The molecule has 0 unspecified atom stereocenters. The number of methoxy groups -OCH3 is 3. The maximum atomic E-state index is 14.0. The van der Waals surface area contributed by atoms with Crippen LogP contribution in [-0.4, -0.2) is 27.1 Å². The van der Waals surface area contributed by atoms with Gasteiger partial charge in [-0.3, -0.25) is 4.79 Å². The summed E-state index contributed by atoms with van der Waals surface area (Å²) in [5, 5.41) is 0. The maximum absolute atomic E-state index is 14.0. The largest absolute Gasteiger partial charge is 0.493 e. The molecule has 1 aliphatic heterocycles. The van der Waals surface area contributed by atoms with Crippen LogP contribution in [0.2, 0.25) is 0 Å². The van der Waals surface area contributed by atoms with E-state index in [1.807, 2.05) is 0 Å². The molecule has 1 heterocycles. The van der Waals surface area contributed by atoms with Gasteiger partial charge in [0.15, 0.2) is 40.5 Å². The molecule has 11 heteroatoms. The lowest BCUT2D eigenvalue weighted by atomic mass is 10.0. The number of aryl methyl sites for hydroxylation is 1. The first-order chi connectivity index (χ1) is 17.6. The highest BCUT2D eigenvalue weighted by Gasteiger charge is 2.31. The minimum atomic E-state index is -2.26. The van der Waals surface area contributed by atoms with Crippen LogP contribution >= 0.6 is 0 Å². The van der Waals surface area contributed by atoms with E-state index in [2.05, 4.69) is 0 Å². The fourth-order valence-electron chi connectivity index (χ4n) is 3.83. The van der Waals surface area contributed by atoms with E-state index in [-0.39, 0.29) is 22.8 Å². The Morgan fingerprint density at radius 1 is 0.811 bits per heavy atom. The average molecular weight is 522 g/mol. The molecule has 0 fully saturated rings. The van der Waals surface area contributed by atoms with Crippen molar-refractivity contribution in [1.82, 2.24) is 0 Å². The van der Waals surface area contributed by atoms with Crippen molar-refractivity contribution in [1.29, 1.82) is 0 Å². The minimum absolute atomic E-state index is 0.0120. The Labute approximate surface area is 207 Å². The summed E-state index contributed by atoms with van der Waals surface area (Å²) in [5.41, 5.74) is 0.00565. The molecule has 0 amide bonds. The smallest absolute Gasteiger partial charge is 0.232 e. The van der Waals surface area contributed by atoms with Crippen molar-refractivity contribution >= 4 is 11.9 Å². The maximum Gasteiger partial charge on any atom is 0.232 e. The average Bonchev–Trinajstić information content (AvgIpc) is 3.20. The summed E-state index contributed by atoms with van der Waals surface area (Å²) in [4.78, 5) is 13.0. The summed E-state index contributed by atoms with van der Waals surface area (Å²) in [5.74, 6) is -9.70. The number of ketones is 1. The van der Waals surface area contributed by atoms with Crippen molar-refractivity contribution in [3.8, 4) is 28.7 Å². The van der Waals surface area contributed by atoms with Crippen LogP contribution in [0, 0.1) is 36.0 Å². The quantitative estimate of drug-likeness (QED) is 0.166. The lowest BCUT2D eigenvalue weighted by Crippen LogP contribution is -2.10. The zero-order chi connectivity index (χ0) is 27.0. The third-order valence-electron chi connectivity index (χ3n) is 5.61. The van der Waals surface area contributed by atoms with Crippen LogP contribution in [-0.2, 0) is 6.61 Å². The SMILES string of the molecule is COc1cc(/C=C2\Oc3cc(OCc4c(F)c(F)c(F)c(F)c4F)cc(C)c3C2=O)cc(OC)c1OC. The highest BCUT2D eigenvalue weighted by atomic mass is 19.2. The van der Waals surface area contributed by atoms with Crippen molar-refractivity contribution in [3.63, 3.8) is 0 Å². The molecule has 1 aliphatic rings. The standard InChI is InChI=1S/C26H19F5O6/c1-11-5-13(36-10-14-20(27)22(29)24(31)23(30)21(14)28)9-15-19(11)25(32)16(37-15)6-12-7-17(33-2)26(35-4)18(8-12)34-3/h5-9H,10H2,1-4H3/b16-6-. The Kier molecular flexibility index (Phi) is 6.97. The van der Waals surface area contributed by atoms with Gasteiger partial charge in [-0.1, -0.05) is 0 Å². The van der Waals surface area contributed by atoms with Gasteiger partial charge in [-0.25, -0.2) is 22.0 Å². The summed E-state index contributed by atoms with van der Waals surface area (Å²) < 4.78 is 95.0. The van der Waals surface area contributed by atoms with Crippen molar-refractivity contribution in [3.05, 3.63) is 81.4 Å². The van der Waals surface area contributed by atoms with Gasteiger partial charge in [0.25, 0.3) is 0 Å². The Bertz CT molecular complexity index is 1400. The minimum Gasteiger partial charge on any atom is -0.493 e. The lowest BCUT2D eigenvalue weighted by Gasteiger charge is -2.13. The first-order valence-electron chi connectivity index (χ1n) is 10.6. The number of fused-ring (bicyclic) bond motifs is 1. The van der Waals surface area contributed by atoms with Crippen LogP contribution in [0.15, 0.2) is 30.0 Å². The normalized spacial score (nSPS) is 13.4. The third-order valence-corrected chi connectivity index (χ3v) is 5.61. The number of halogens is 5. The second-order valence-electron chi connectivity index (χ2n) is 7.85. The van der Waals surface area contributed by atoms with Crippen LogP contribution in [0.25, 0.3) is 6.08 Å². The van der Waals surface area contributed by atoms with E-state index < -0.39 is 47.0 Å². The molecule has 0 radical (unpaired) electrons. The first kappa shape index (κ1) is 25.8. The number of ether oxygens (including phenoxy) is 5. The Balaban J connectivity index is 1.63. The summed E-state index contributed by atoms with van der Waals surface area (Å²) in [7, 11) is 4.34. The molecule has 0 aliphatic carbocycles. The number of hydrogen-bond acceptors (Lipinski definition) is 6. The Morgan fingerprint density at radius 2 is 1.38 bits per heavy atom. The molecule has 0 saturated carbocycles. The molecule has 0 atom stereocenters. The molecule has 194 valence electrons. The van der Waals surface area contributed by atoms with Crippen molar-refractivity contribution in [2.45, 2.75) is 13.5 Å². The van der Waals surface area contributed by atoms with Crippen molar-refractivity contribution in [2.24, 2.45) is 0 Å². The molecule has 3 aromatic rings. The zero-order valence-corrected chi connectivity index (χ0v) is 19.9. The summed E-state index contributed by atoms with van der Waals surface area (Å²) in [6.07, 6.45) is 1.46. The third kappa shape index (κ3) is 4.52. The number of hydrogen-bond donors (Lipinski definition) is 0. The Morgan fingerprint density at radius 3 is 1.92 bits per heavy atom. The lowest BCUT2D eigenvalue weighted by molar-refractivity contribution is 0.101.